The summed E-state index contributed by atoms with van der Waals surface area (Å²) < 4.78 is 13.4. The van der Waals surface area contributed by atoms with Crippen molar-refractivity contribution in [2.24, 2.45) is 0 Å². The average molecular weight is 434 g/mol. The first-order chi connectivity index (χ1) is 15.6. The van der Waals surface area contributed by atoms with E-state index in [-0.39, 0.29) is 11.0 Å². The first-order valence-electron chi connectivity index (χ1n) is 10.8. The van der Waals surface area contributed by atoms with Crippen molar-refractivity contribution in [1.82, 2.24) is 4.58 Å². The van der Waals surface area contributed by atoms with Gasteiger partial charge in [0.15, 0.2) is 0 Å². The largest absolute Gasteiger partial charge is 0.419 e. The molecule has 6 nitrogen and oxygen atoms in total. The van der Waals surface area contributed by atoms with Crippen molar-refractivity contribution in [2.45, 2.75) is 38.3 Å². The highest BCUT2D eigenvalue weighted by atomic mass is 16.6. The lowest BCUT2D eigenvalue weighted by Gasteiger charge is -2.14. The average Bonchev–Trinajstić information content (AvgIpc) is 2.83. The minimum atomic E-state index is -0.470. The number of rotatable bonds is 10. The van der Waals surface area contributed by atoms with Crippen LogP contribution in [-0.4, -0.2) is 30.1 Å². The molecule has 0 spiro atoms. The maximum Gasteiger partial charge on any atom is 0.340 e. The molecule has 0 N–H and O–H groups in total. The fourth-order valence-corrected chi connectivity index (χ4v) is 3.40. The summed E-state index contributed by atoms with van der Waals surface area (Å²) in [5, 5.41) is 11.0. The van der Waals surface area contributed by atoms with Crippen molar-refractivity contribution in [3.8, 4) is 0 Å². The molecule has 0 aromatic heterocycles. The van der Waals surface area contributed by atoms with Crippen molar-refractivity contribution in [1.29, 1.82) is 0 Å². The fourth-order valence-electron chi connectivity index (χ4n) is 3.40. The van der Waals surface area contributed by atoms with Gasteiger partial charge in [0, 0.05) is 42.0 Å². The van der Waals surface area contributed by atoms with E-state index < -0.39 is 6.04 Å². The predicted octanol–water partition coefficient (Wildman–Crippen LogP) is 5.80. The normalized spacial score (nSPS) is 17.2. The van der Waals surface area contributed by atoms with E-state index in [0.717, 1.165) is 23.4 Å². The van der Waals surface area contributed by atoms with Crippen LogP contribution in [0.2, 0.25) is 0 Å². The molecule has 0 radical (unpaired) electrons. The Balaban J connectivity index is 1.49. The summed E-state index contributed by atoms with van der Waals surface area (Å²) in [6.07, 6.45) is 12.7. The second-order valence-electron chi connectivity index (χ2n) is 7.55. The third-order valence-electron chi connectivity index (χ3n) is 5.13. The molecular weight excluding hydrogens is 404 g/mol. The van der Waals surface area contributed by atoms with Crippen LogP contribution in [0.15, 0.2) is 96.8 Å². The zero-order chi connectivity index (χ0) is 22.6. The molecule has 2 aromatic rings. The van der Waals surface area contributed by atoms with E-state index in [4.69, 9.17) is 9.47 Å². The van der Waals surface area contributed by atoms with Gasteiger partial charge in [-0.05, 0) is 25.0 Å². The number of nitrogens with zero attached hydrogens (tertiary/aromatic N) is 2. The molecule has 1 unspecified atom stereocenters. The molecule has 0 fully saturated rings. The van der Waals surface area contributed by atoms with E-state index in [2.05, 4.69) is 6.08 Å². The first kappa shape index (κ1) is 23.2. The summed E-state index contributed by atoms with van der Waals surface area (Å²) in [6, 6.07) is 19.5. The first-order valence-corrected chi connectivity index (χ1v) is 10.8. The van der Waals surface area contributed by atoms with Gasteiger partial charge in [-0.1, -0.05) is 54.6 Å². The molecule has 3 rings (SSSR count). The zero-order valence-corrected chi connectivity index (χ0v) is 18.2. The number of para-hydroxylation sites is 2. The highest BCUT2D eigenvalue weighted by Crippen LogP contribution is 2.21. The quantitative estimate of drug-likeness (QED) is 0.119. The topological polar surface area (TPSA) is 64.6 Å². The summed E-state index contributed by atoms with van der Waals surface area (Å²) in [7, 11) is 0. The van der Waals surface area contributed by atoms with E-state index in [1.807, 2.05) is 90.4 Å². The van der Waals surface area contributed by atoms with Crippen molar-refractivity contribution >= 4 is 17.8 Å². The molecule has 0 amide bonds. The Hall–Kier alpha value is -3.51. The van der Waals surface area contributed by atoms with Gasteiger partial charge >= 0.3 is 6.40 Å². The van der Waals surface area contributed by atoms with Gasteiger partial charge in [-0.25, -0.2) is 0 Å². The van der Waals surface area contributed by atoms with Gasteiger partial charge in [-0.3, -0.25) is 10.1 Å². The highest BCUT2D eigenvalue weighted by Gasteiger charge is 2.23. The lowest BCUT2D eigenvalue weighted by atomic mass is 9.95. The molecule has 1 aliphatic rings. The highest BCUT2D eigenvalue weighted by molar-refractivity contribution is 5.66. The van der Waals surface area contributed by atoms with Crippen LogP contribution in [0.3, 0.4) is 0 Å². The molecule has 6 heteroatoms. The summed E-state index contributed by atoms with van der Waals surface area (Å²) >= 11 is 0. The predicted molar refractivity (Wildman–Crippen MR) is 128 cm³/mol. The van der Waals surface area contributed by atoms with Gasteiger partial charge in [0.25, 0.3) is 0 Å². The minimum absolute atomic E-state index is 0.137. The number of nitro groups is 1. The van der Waals surface area contributed by atoms with Crippen LogP contribution >= 0.6 is 0 Å². The van der Waals surface area contributed by atoms with Crippen molar-refractivity contribution < 1.29 is 14.4 Å². The molecule has 0 saturated heterocycles. The molecule has 0 bridgehead atoms. The third-order valence-corrected chi connectivity index (χ3v) is 5.13. The number of benzene rings is 2. The molecule has 2 aromatic carbocycles. The van der Waals surface area contributed by atoms with Crippen LogP contribution in [0.25, 0.3) is 0 Å². The molecule has 0 aliphatic heterocycles. The molecule has 1 aliphatic carbocycles. The smallest absolute Gasteiger partial charge is 0.340 e. The van der Waals surface area contributed by atoms with Crippen LogP contribution in [0.1, 0.15) is 26.2 Å². The fraction of sp³-hybridized carbons (Fsp3) is 0.269. The maximum absolute atomic E-state index is 11.0. The monoisotopic (exact) mass is 433 g/mol. The summed E-state index contributed by atoms with van der Waals surface area (Å²) in [6.45, 7) is 2.36. The zero-order valence-electron chi connectivity index (χ0n) is 18.2. The number of hydrogen-bond donors (Lipinski definition) is 0. The van der Waals surface area contributed by atoms with Gasteiger partial charge in [-0.2, -0.15) is 0 Å². The van der Waals surface area contributed by atoms with E-state index in [9.17, 15) is 10.1 Å². The molecular formula is C26H29N2O4+. The van der Waals surface area contributed by atoms with Crippen molar-refractivity contribution in [2.75, 3.05) is 6.61 Å². The Morgan fingerprint density at radius 2 is 1.75 bits per heavy atom. The van der Waals surface area contributed by atoms with E-state index in [1.54, 1.807) is 12.7 Å². The van der Waals surface area contributed by atoms with Gasteiger partial charge in [-0.15, -0.1) is 4.58 Å². The van der Waals surface area contributed by atoms with Gasteiger partial charge in [0.05, 0.1) is 19.0 Å². The number of allylic oxidation sites excluding steroid dienone is 2. The Morgan fingerprint density at radius 3 is 2.38 bits per heavy atom. The molecule has 0 heterocycles. The Labute approximate surface area is 189 Å². The maximum atomic E-state index is 11.0. The van der Waals surface area contributed by atoms with E-state index >= 15 is 0 Å². The van der Waals surface area contributed by atoms with Crippen molar-refractivity contribution in [3.05, 3.63) is 107 Å². The van der Waals surface area contributed by atoms with Gasteiger partial charge < -0.3 is 9.47 Å². The van der Waals surface area contributed by atoms with Gasteiger partial charge in [0.1, 0.15) is 0 Å². The van der Waals surface area contributed by atoms with Crippen LogP contribution in [0, 0.1) is 10.1 Å². The number of ether oxygens (including phenoxy) is 2. The molecule has 166 valence electrons. The summed E-state index contributed by atoms with van der Waals surface area (Å²) in [4.78, 5) is 10.8. The Kier molecular flexibility index (Phi) is 8.95. The minimum Gasteiger partial charge on any atom is -0.419 e. The lowest BCUT2D eigenvalue weighted by molar-refractivity contribution is -0.523. The Morgan fingerprint density at radius 1 is 1.09 bits per heavy atom. The molecule has 0 saturated carbocycles. The summed E-state index contributed by atoms with van der Waals surface area (Å²) in [5.41, 5.74) is 3.00. The SMILES string of the molecule is C[C@H](C=COC=[N+](c1ccccc1)c1ccccc1)OC/C=C/C1=CCCC([N+](=O)[O-])C1. The van der Waals surface area contributed by atoms with E-state index in [1.165, 1.54) is 0 Å². The Bertz CT molecular complexity index is 940. The van der Waals surface area contributed by atoms with E-state index in [0.29, 0.717) is 19.4 Å². The summed E-state index contributed by atoms with van der Waals surface area (Å²) in [5.74, 6) is 0. The van der Waals surface area contributed by atoms with Gasteiger partial charge in [0.2, 0.25) is 17.4 Å². The number of hydrogen-bond acceptors (Lipinski definition) is 4. The lowest BCUT2D eigenvalue weighted by Crippen LogP contribution is -2.21. The standard InChI is InChI=1S/C26H29N2O4/c1-22(32-18-9-11-23-10-8-16-26(20-23)28(29)30)17-19-31-21-27(24-12-4-2-5-13-24)25-14-6-3-7-15-25/h2-7,9-15,17,19,21-22,26H,8,16,18,20H2,1H3/q+1/b11-9+,19-17?/t22-,26?/m1/s1. The third kappa shape index (κ3) is 7.32. The second kappa shape index (κ2) is 12.4. The van der Waals surface area contributed by atoms with Crippen molar-refractivity contribution in [3.63, 3.8) is 0 Å². The van der Waals surface area contributed by atoms with Crippen LogP contribution in [0.5, 0.6) is 0 Å². The second-order valence-corrected chi connectivity index (χ2v) is 7.55. The van der Waals surface area contributed by atoms with Crippen LogP contribution in [-0.2, 0) is 9.47 Å². The van der Waals surface area contributed by atoms with Crippen LogP contribution < -0.4 is 4.58 Å². The van der Waals surface area contributed by atoms with Crippen LogP contribution in [0.4, 0.5) is 11.4 Å². The molecule has 32 heavy (non-hydrogen) atoms. The molecule has 2 atom stereocenters.